The summed E-state index contributed by atoms with van der Waals surface area (Å²) in [6.07, 6.45) is 5.82. The number of hydrogen-bond donors (Lipinski definition) is 1. The van der Waals surface area contributed by atoms with E-state index in [1.54, 1.807) is 4.68 Å². The van der Waals surface area contributed by atoms with E-state index in [1.807, 2.05) is 31.6 Å². The molecule has 0 aliphatic carbocycles. The van der Waals surface area contributed by atoms with Gasteiger partial charge in [-0.1, -0.05) is 36.4 Å². The Morgan fingerprint density at radius 1 is 0.935 bits per heavy atom. The second-order valence-corrected chi connectivity index (χ2v) is 8.38. The molecule has 0 amide bonds. The summed E-state index contributed by atoms with van der Waals surface area (Å²) in [6, 6.07) is 18.8. The summed E-state index contributed by atoms with van der Waals surface area (Å²) in [5, 5.41) is 5.40. The van der Waals surface area contributed by atoms with Crippen LogP contribution >= 0.6 is 11.9 Å². The normalized spacial score (nSPS) is 11.2. The fourth-order valence-corrected chi connectivity index (χ4v) is 4.39. The number of fused-ring (bicyclic) bond motifs is 1. The Labute approximate surface area is 185 Å². The first-order valence-electron chi connectivity index (χ1n) is 10.0. The van der Waals surface area contributed by atoms with Gasteiger partial charge in [-0.25, -0.2) is 4.98 Å². The Morgan fingerprint density at radius 3 is 2.52 bits per heavy atom. The largest absolute Gasteiger partial charge is 0.301 e. The number of para-hydroxylation sites is 1. The zero-order valence-electron chi connectivity index (χ0n) is 17.6. The summed E-state index contributed by atoms with van der Waals surface area (Å²) in [7, 11) is 1.90. The van der Waals surface area contributed by atoms with Gasteiger partial charge >= 0.3 is 0 Å². The van der Waals surface area contributed by atoms with Crippen LogP contribution in [0.5, 0.6) is 0 Å². The van der Waals surface area contributed by atoms with E-state index in [9.17, 15) is 0 Å². The van der Waals surface area contributed by atoms with E-state index in [2.05, 4.69) is 76.9 Å². The molecule has 0 saturated carbocycles. The van der Waals surface area contributed by atoms with Crippen LogP contribution < -0.4 is 4.72 Å². The average Bonchev–Trinajstić information content (AvgIpc) is 3.38. The van der Waals surface area contributed by atoms with Gasteiger partial charge in [0.2, 0.25) is 5.95 Å². The van der Waals surface area contributed by atoms with Crippen molar-refractivity contribution < 1.29 is 0 Å². The number of anilines is 1. The molecule has 0 aliphatic rings. The number of benzene rings is 2. The van der Waals surface area contributed by atoms with Crippen LogP contribution in [0.3, 0.4) is 0 Å². The molecule has 7 heteroatoms. The highest BCUT2D eigenvalue weighted by Crippen LogP contribution is 2.30. The number of aromatic nitrogens is 5. The van der Waals surface area contributed by atoms with E-state index < -0.39 is 0 Å². The second kappa shape index (κ2) is 7.92. The first-order valence-corrected chi connectivity index (χ1v) is 10.8. The summed E-state index contributed by atoms with van der Waals surface area (Å²) in [6.45, 7) is 4.24. The first-order chi connectivity index (χ1) is 15.1. The number of nitrogens with one attached hydrogen (secondary N) is 1. The standard InChI is InChI=1S/C24H22N6S/c1-16-7-6-8-17(2)23(16)20-13-22(30-12-11-18-9-4-5-10-21(18)30)27-24(26-20)28-31-19-14-25-29(3)15-19/h4-15H,1-3H3,(H,26,27,28). The van der Waals surface area contributed by atoms with Crippen LogP contribution in [-0.4, -0.2) is 24.3 Å². The van der Waals surface area contributed by atoms with Crippen molar-refractivity contribution in [3.63, 3.8) is 0 Å². The highest BCUT2D eigenvalue weighted by Gasteiger charge is 2.14. The fraction of sp³-hybridized carbons (Fsp3) is 0.125. The van der Waals surface area contributed by atoms with Crippen molar-refractivity contribution in [1.29, 1.82) is 0 Å². The molecule has 0 fully saturated rings. The topological polar surface area (TPSA) is 60.6 Å². The summed E-state index contributed by atoms with van der Waals surface area (Å²) in [5.41, 5.74) is 5.52. The van der Waals surface area contributed by atoms with Crippen LogP contribution in [0.25, 0.3) is 28.0 Å². The van der Waals surface area contributed by atoms with E-state index in [0.29, 0.717) is 5.95 Å². The van der Waals surface area contributed by atoms with Gasteiger partial charge in [0.05, 0.1) is 22.3 Å². The zero-order valence-corrected chi connectivity index (χ0v) is 18.4. The Balaban J connectivity index is 1.63. The lowest BCUT2D eigenvalue weighted by atomic mass is 10.00. The van der Waals surface area contributed by atoms with E-state index in [1.165, 1.54) is 28.5 Å². The van der Waals surface area contributed by atoms with E-state index in [4.69, 9.17) is 9.97 Å². The van der Waals surface area contributed by atoms with Crippen LogP contribution in [0.1, 0.15) is 11.1 Å². The summed E-state index contributed by atoms with van der Waals surface area (Å²) in [5.74, 6) is 1.38. The highest BCUT2D eigenvalue weighted by molar-refractivity contribution is 8.00. The molecular formula is C24H22N6S. The number of nitrogens with zero attached hydrogens (tertiary/aromatic N) is 5. The van der Waals surface area contributed by atoms with Crippen molar-refractivity contribution in [1.82, 2.24) is 24.3 Å². The maximum Gasteiger partial charge on any atom is 0.235 e. The molecule has 5 aromatic rings. The molecular weight excluding hydrogens is 404 g/mol. The predicted molar refractivity (Wildman–Crippen MR) is 126 cm³/mol. The molecule has 5 rings (SSSR count). The summed E-state index contributed by atoms with van der Waals surface area (Å²) in [4.78, 5) is 10.7. The van der Waals surface area contributed by atoms with E-state index >= 15 is 0 Å². The molecule has 3 aromatic heterocycles. The van der Waals surface area contributed by atoms with Crippen LogP contribution in [0.15, 0.2) is 78.1 Å². The number of rotatable bonds is 5. The average molecular weight is 427 g/mol. The molecule has 0 spiro atoms. The molecule has 0 unspecified atom stereocenters. The second-order valence-electron chi connectivity index (χ2n) is 7.50. The van der Waals surface area contributed by atoms with Gasteiger partial charge in [0.25, 0.3) is 0 Å². The maximum absolute atomic E-state index is 4.85. The fourth-order valence-electron chi connectivity index (χ4n) is 3.79. The van der Waals surface area contributed by atoms with Gasteiger partial charge in [-0.3, -0.25) is 9.40 Å². The Morgan fingerprint density at radius 2 is 1.74 bits per heavy atom. The quantitative estimate of drug-likeness (QED) is 0.373. The number of hydrogen-bond acceptors (Lipinski definition) is 5. The van der Waals surface area contributed by atoms with Gasteiger partial charge in [0.1, 0.15) is 5.82 Å². The van der Waals surface area contributed by atoms with Crippen LogP contribution in [-0.2, 0) is 7.05 Å². The van der Waals surface area contributed by atoms with Crippen LogP contribution in [0, 0.1) is 13.8 Å². The van der Waals surface area contributed by atoms with E-state index in [-0.39, 0.29) is 0 Å². The van der Waals surface area contributed by atoms with Crippen molar-refractivity contribution in [2.75, 3.05) is 4.72 Å². The molecule has 0 saturated heterocycles. The van der Waals surface area contributed by atoms with Gasteiger partial charge in [-0.2, -0.15) is 10.1 Å². The predicted octanol–water partition coefficient (Wildman–Crippen LogP) is 5.56. The maximum atomic E-state index is 4.85. The molecule has 2 aromatic carbocycles. The molecule has 0 atom stereocenters. The van der Waals surface area contributed by atoms with Crippen molar-refractivity contribution in [3.8, 4) is 17.1 Å². The van der Waals surface area contributed by atoms with Gasteiger partial charge in [0.15, 0.2) is 0 Å². The smallest absolute Gasteiger partial charge is 0.235 e. The monoisotopic (exact) mass is 426 g/mol. The Kier molecular flexibility index (Phi) is 4.95. The molecule has 6 nitrogen and oxygen atoms in total. The van der Waals surface area contributed by atoms with Crippen molar-refractivity contribution in [3.05, 3.63) is 84.3 Å². The van der Waals surface area contributed by atoms with E-state index in [0.717, 1.165) is 27.5 Å². The van der Waals surface area contributed by atoms with Crippen LogP contribution in [0.2, 0.25) is 0 Å². The SMILES string of the molecule is Cc1cccc(C)c1-c1cc(-n2ccc3ccccc32)nc(NSc2cnn(C)c2)n1. The van der Waals surface area contributed by atoms with Gasteiger partial charge in [0, 0.05) is 31.1 Å². The lowest BCUT2D eigenvalue weighted by Crippen LogP contribution is -2.04. The minimum absolute atomic E-state index is 0.557. The Hall–Kier alpha value is -3.58. The molecule has 1 N–H and O–H groups in total. The molecule has 31 heavy (non-hydrogen) atoms. The lowest BCUT2D eigenvalue weighted by molar-refractivity contribution is 0.766. The van der Waals surface area contributed by atoms with Gasteiger partial charge < -0.3 is 4.57 Å². The van der Waals surface area contributed by atoms with Crippen molar-refractivity contribution in [2.45, 2.75) is 18.7 Å². The third-order valence-corrected chi connectivity index (χ3v) is 5.97. The summed E-state index contributed by atoms with van der Waals surface area (Å²) < 4.78 is 7.18. The van der Waals surface area contributed by atoms with Crippen LogP contribution in [0.4, 0.5) is 5.95 Å². The number of aryl methyl sites for hydroxylation is 3. The van der Waals surface area contributed by atoms with Crippen molar-refractivity contribution in [2.24, 2.45) is 7.05 Å². The third kappa shape index (κ3) is 3.80. The molecule has 0 bridgehead atoms. The zero-order chi connectivity index (χ0) is 21.4. The molecule has 3 heterocycles. The van der Waals surface area contributed by atoms with Crippen molar-refractivity contribution >= 4 is 28.8 Å². The minimum Gasteiger partial charge on any atom is -0.301 e. The molecule has 0 radical (unpaired) electrons. The molecule has 154 valence electrons. The van der Waals surface area contributed by atoms with Gasteiger partial charge in [-0.15, -0.1) is 0 Å². The highest BCUT2D eigenvalue weighted by atomic mass is 32.2. The Bertz CT molecular complexity index is 1360. The minimum atomic E-state index is 0.557. The molecule has 0 aliphatic heterocycles. The summed E-state index contributed by atoms with van der Waals surface area (Å²) >= 11 is 1.45. The first kappa shape index (κ1) is 19.4. The van der Waals surface area contributed by atoms with Gasteiger partial charge in [-0.05, 0) is 54.4 Å². The lowest BCUT2D eigenvalue weighted by Gasteiger charge is -2.14. The third-order valence-electron chi connectivity index (χ3n) is 5.24.